The molecule has 1 unspecified atom stereocenters. The number of halogens is 1. The Hall–Kier alpha value is -1.78. The van der Waals surface area contributed by atoms with Gasteiger partial charge in [-0.2, -0.15) is 0 Å². The van der Waals surface area contributed by atoms with E-state index in [9.17, 15) is 4.79 Å². The summed E-state index contributed by atoms with van der Waals surface area (Å²) in [5, 5.41) is 8.54. The van der Waals surface area contributed by atoms with E-state index in [-0.39, 0.29) is 18.3 Å². The number of carbonyl (C=O) groups is 1. The lowest BCUT2D eigenvalue weighted by molar-refractivity contribution is -0.121. The Morgan fingerprint density at radius 1 is 1.21 bits per heavy atom. The lowest BCUT2D eigenvalue weighted by atomic mass is 10.0. The molecule has 1 amide bonds. The van der Waals surface area contributed by atoms with E-state index in [1.54, 1.807) is 0 Å². The van der Waals surface area contributed by atoms with Gasteiger partial charge in [0.15, 0.2) is 0 Å². The number of benzene rings is 2. The van der Waals surface area contributed by atoms with Gasteiger partial charge < -0.3 is 15.4 Å². The molecule has 24 heavy (non-hydrogen) atoms. The van der Waals surface area contributed by atoms with Gasteiger partial charge in [0.2, 0.25) is 5.91 Å². The second-order valence-electron chi connectivity index (χ2n) is 6.07. The van der Waals surface area contributed by atoms with Gasteiger partial charge >= 0.3 is 0 Å². The number of nitrogens with one attached hydrogen (secondary N) is 2. The van der Waals surface area contributed by atoms with Crippen LogP contribution in [0.3, 0.4) is 0 Å². The molecule has 0 spiro atoms. The summed E-state index contributed by atoms with van der Waals surface area (Å²) in [6.45, 7) is 3.18. The second-order valence-corrected chi connectivity index (χ2v) is 6.07. The molecule has 0 aromatic heterocycles. The summed E-state index contributed by atoms with van der Waals surface area (Å²) in [6, 6.07) is 14.2. The molecular formula is C19H25ClN2O2. The van der Waals surface area contributed by atoms with Crippen molar-refractivity contribution in [2.24, 2.45) is 5.92 Å². The average molecular weight is 349 g/mol. The summed E-state index contributed by atoms with van der Waals surface area (Å²) in [7, 11) is 0. The van der Waals surface area contributed by atoms with E-state index in [1.165, 1.54) is 11.8 Å². The molecule has 0 bridgehead atoms. The molecule has 1 saturated heterocycles. The fraction of sp³-hybridized carbons (Fsp3) is 0.421. The molecule has 2 aromatic carbocycles. The van der Waals surface area contributed by atoms with Crippen molar-refractivity contribution in [1.29, 1.82) is 0 Å². The van der Waals surface area contributed by atoms with Crippen LogP contribution in [0.1, 0.15) is 19.3 Å². The molecule has 0 saturated carbocycles. The van der Waals surface area contributed by atoms with E-state index in [4.69, 9.17) is 4.74 Å². The van der Waals surface area contributed by atoms with Gasteiger partial charge in [-0.25, -0.2) is 0 Å². The molecule has 130 valence electrons. The highest BCUT2D eigenvalue weighted by Crippen LogP contribution is 2.24. The number of hydrogen-bond donors (Lipinski definition) is 2. The molecule has 2 N–H and O–H groups in total. The number of fused-ring (bicyclic) bond motifs is 1. The molecule has 2 aromatic rings. The molecule has 1 atom stereocenters. The average Bonchev–Trinajstić information content (AvgIpc) is 3.10. The summed E-state index contributed by atoms with van der Waals surface area (Å²) in [5.41, 5.74) is 0. The Morgan fingerprint density at radius 2 is 2.04 bits per heavy atom. The number of amides is 1. The fourth-order valence-corrected chi connectivity index (χ4v) is 3.06. The van der Waals surface area contributed by atoms with E-state index >= 15 is 0 Å². The van der Waals surface area contributed by atoms with Crippen molar-refractivity contribution in [1.82, 2.24) is 10.6 Å². The monoisotopic (exact) mass is 348 g/mol. The second kappa shape index (κ2) is 9.50. The van der Waals surface area contributed by atoms with Crippen molar-refractivity contribution in [2.75, 3.05) is 26.2 Å². The highest BCUT2D eigenvalue weighted by atomic mass is 35.5. The predicted octanol–water partition coefficient (Wildman–Crippen LogP) is 3.15. The summed E-state index contributed by atoms with van der Waals surface area (Å²) in [4.78, 5) is 11.8. The van der Waals surface area contributed by atoms with Crippen molar-refractivity contribution in [2.45, 2.75) is 19.3 Å². The first-order chi connectivity index (χ1) is 11.3. The molecule has 1 heterocycles. The minimum atomic E-state index is 0. The minimum absolute atomic E-state index is 0. The van der Waals surface area contributed by atoms with Crippen molar-refractivity contribution in [3.05, 3.63) is 42.5 Å². The third kappa shape index (κ3) is 5.11. The van der Waals surface area contributed by atoms with E-state index in [0.717, 1.165) is 30.6 Å². The molecule has 0 aliphatic carbocycles. The van der Waals surface area contributed by atoms with Gasteiger partial charge in [-0.15, -0.1) is 12.4 Å². The van der Waals surface area contributed by atoms with Gasteiger partial charge in [-0.3, -0.25) is 4.79 Å². The smallest absolute Gasteiger partial charge is 0.220 e. The maximum Gasteiger partial charge on any atom is 0.220 e. The first kappa shape index (κ1) is 18.6. The topological polar surface area (TPSA) is 50.4 Å². The van der Waals surface area contributed by atoms with Crippen LogP contribution >= 0.6 is 12.4 Å². The molecule has 0 radical (unpaired) electrons. The Balaban J connectivity index is 0.00000208. The van der Waals surface area contributed by atoms with E-state index in [1.807, 2.05) is 24.3 Å². The van der Waals surface area contributed by atoms with Gasteiger partial charge in [0.25, 0.3) is 0 Å². The number of rotatable bonds is 7. The van der Waals surface area contributed by atoms with Crippen molar-refractivity contribution in [3.63, 3.8) is 0 Å². The first-order valence-corrected chi connectivity index (χ1v) is 8.41. The molecule has 1 fully saturated rings. The zero-order chi connectivity index (χ0) is 15.9. The molecule has 1 aliphatic heterocycles. The quantitative estimate of drug-likeness (QED) is 0.756. The number of hydrogen-bond acceptors (Lipinski definition) is 3. The summed E-state index contributed by atoms with van der Waals surface area (Å²) in [6.07, 6.45) is 2.78. The third-order valence-corrected chi connectivity index (χ3v) is 4.37. The SMILES string of the molecule is Cl.O=C(CCC1CCNC1)NCCOc1cccc2ccccc12. The molecule has 1 aliphatic rings. The Morgan fingerprint density at radius 3 is 2.88 bits per heavy atom. The minimum Gasteiger partial charge on any atom is -0.491 e. The Kier molecular flexibility index (Phi) is 7.35. The molecule has 4 nitrogen and oxygen atoms in total. The van der Waals surface area contributed by atoms with Crippen molar-refractivity contribution < 1.29 is 9.53 Å². The van der Waals surface area contributed by atoms with Crippen LogP contribution in [0.25, 0.3) is 10.8 Å². The van der Waals surface area contributed by atoms with Crippen LogP contribution in [0.15, 0.2) is 42.5 Å². The lowest BCUT2D eigenvalue weighted by Crippen LogP contribution is -2.28. The Bertz CT molecular complexity index is 651. The van der Waals surface area contributed by atoms with Crippen LogP contribution < -0.4 is 15.4 Å². The van der Waals surface area contributed by atoms with Gasteiger partial charge in [-0.05, 0) is 43.3 Å². The zero-order valence-corrected chi connectivity index (χ0v) is 14.6. The molecule has 5 heteroatoms. The van der Waals surface area contributed by atoms with Crippen LogP contribution in [0.4, 0.5) is 0 Å². The summed E-state index contributed by atoms with van der Waals surface area (Å²) >= 11 is 0. The van der Waals surface area contributed by atoms with E-state index in [2.05, 4.69) is 28.8 Å². The first-order valence-electron chi connectivity index (χ1n) is 8.41. The van der Waals surface area contributed by atoms with Gasteiger partial charge in [0, 0.05) is 11.8 Å². The maximum absolute atomic E-state index is 11.8. The Labute approximate surface area is 149 Å². The number of carbonyl (C=O) groups excluding carboxylic acids is 1. The van der Waals surface area contributed by atoms with E-state index < -0.39 is 0 Å². The summed E-state index contributed by atoms with van der Waals surface area (Å²) < 4.78 is 5.82. The van der Waals surface area contributed by atoms with Crippen LogP contribution in [0.2, 0.25) is 0 Å². The molecular weight excluding hydrogens is 324 g/mol. The van der Waals surface area contributed by atoms with Crippen LogP contribution in [-0.2, 0) is 4.79 Å². The van der Waals surface area contributed by atoms with Crippen molar-refractivity contribution in [3.8, 4) is 5.75 Å². The van der Waals surface area contributed by atoms with Gasteiger partial charge in [0.1, 0.15) is 12.4 Å². The van der Waals surface area contributed by atoms with Crippen LogP contribution in [0.5, 0.6) is 5.75 Å². The lowest BCUT2D eigenvalue weighted by Gasteiger charge is -2.11. The highest BCUT2D eigenvalue weighted by molar-refractivity contribution is 5.88. The molecule has 3 rings (SSSR count). The van der Waals surface area contributed by atoms with Crippen LogP contribution in [-0.4, -0.2) is 32.1 Å². The van der Waals surface area contributed by atoms with Crippen molar-refractivity contribution >= 4 is 29.1 Å². The zero-order valence-electron chi connectivity index (χ0n) is 13.8. The maximum atomic E-state index is 11.8. The third-order valence-electron chi connectivity index (χ3n) is 4.37. The highest BCUT2D eigenvalue weighted by Gasteiger charge is 2.15. The standard InChI is InChI=1S/C19H24N2O2.ClH/c22-19(9-8-15-10-11-20-14-15)21-12-13-23-18-7-3-5-16-4-1-2-6-17(16)18;/h1-7,15,20H,8-14H2,(H,21,22);1H. The summed E-state index contributed by atoms with van der Waals surface area (Å²) in [5.74, 6) is 1.65. The number of ether oxygens (including phenoxy) is 1. The van der Waals surface area contributed by atoms with Gasteiger partial charge in [-0.1, -0.05) is 36.4 Å². The van der Waals surface area contributed by atoms with Crippen LogP contribution in [0, 0.1) is 5.92 Å². The van der Waals surface area contributed by atoms with Gasteiger partial charge in [0.05, 0.1) is 6.54 Å². The normalized spacial score (nSPS) is 16.6. The predicted molar refractivity (Wildman–Crippen MR) is 99.9 cm³/mol. The largest absolute Gasteiger partial charge is 0.491 e. The fourth-order valence-electron chi connectivity index (χ4n) is 3.06. The van der Waals surface area contributed by atoms with E-state index in [0.29, 0.717) is 25.5 Å².